The summed E-state index contributed by atoms with van der Waals surface area (Å²) in [6, 6.07) is 27.9. The van der Waals surface area contributed by atoms with Crippen LogP contribution in [0.3, 0.4) is 0 Å². The Balaban J connectivity index is 1.63. The van der Waals surface area contributed by atoms with Crippen LogP contribution in [0.5, 0.6) is 5.75 Å². The number of carbonyl (C=O) groups excluding carboxylic acids is 1. The summed E-state index contributed by atoms with van der Waals surface area (Å²) < 4.78 is 5.47. The molecule has 0 saturated carbocycles. The first-order chi connectivity index (χ1) is 16.2. The van der Waals surface area contributed by atoms with E-state index in [0.29, 0.717) is 11.3 Å². The van der Waals surface area contributed by atoms with E-state index in [1.807, 2.05) is 48.7 Å². The van der Waals surface area contributed by atoms with Gasteiger partial charge in [0.2, 0.25) is 0 Å². The standard InChI is InChI=1S/C28H27N3O2/c1-33-25-15-9-8-14-23(25)27(32)30-26(20-10-4-2-5-11-20)28(22-12-6-3-7-13-22)17-16-24-21(18-28)19-29-31-24/h2-15,19,26H,16-18H2,1H3,(H,29,31)(H,30,32). The number of amides is 1. The molecule has 0 bridgehead atoms. The first kappa shape index (κ1) is 21.0. The maximum Gasteiger partial charge on any atom is 0.255 e. The van der Waals surface area contributed by atoms with E-state index in [4.69, 9.17) is 4.74 Å². The number of fused-ring (bicyclic) bond motifs is 1. The SMILES string of the molecule is COc1ccccc1C(=O)NC(c1ccccc1)C1(c2ccccc2)CCc2[nH]ncc2C1. The third-order valence-corrected chi connectivity index (χ3v) is 6.80. The van der Waals surface area contributed by atoms with Crippen molar-refractivity contribution in [3.63, 3.8) is 0 Å². The van der Waals surface area contributed by atoms with Gasteiger partial charge < -0.3 is 10.1 Å². The lowest BCUT2D eigenvalue weighted by atomic mass is 9.63. The van der Waals surface area contributed by atoms with E-state index in [0.717, 1.165) is 24.8 Å². The molecule has 1 aliphatic carbocycles. The minimum Gasteiger partial charge on any atom is -0.496 e. The van der Waals surface area contributed by atoms with Crippen LogP contribution in [-0.4, -0.2) is 23.2 Å². The number of nitrogens with zero attached hydrogens (tertiary/aromatic N) is 1. The summed E-state index contributed by atoms with van der Waals surface area (Å²) in [6.07, 6.45) is 4.47. The number of aryl methyl sites for hydroxylation is 1. The van der Waals surface area contributed by atoms with Crippen LogP contribution in [0.15, 0.2) is 91.1 Å². The van der Waals surface area contributed by atoms with Gasteiger partial charge in [0.15, 0.2) is 0 Å². The van der Waals surface area contributed by atoms with Crippen molar-refractivity contribution in [2.75, 3.05) is 7.11 Å². The van der Waals surface area contributed by atoms with Crippen LogP contribution < -0.4 is 10.1 Å². The fourth-order valence-corrected chi connectivity index (χ4v) is 5.14. The van der Waals surface area contributed by atoms with Gasteiger partial charge in [-0.2, -0.15) is 5.10 Å². The third-order valence-electron chi connectivity index (χ3n) is 6.80. The topological polar surface area (TPSA) is 67.0 Å². The van der Waals surface area contributed by atoms with Crippen LogP contribution in [-0.2, 0) is 18.3 Å². The molecule has 0 saturated heterocycles. The average Bonchev–Trinajstić information content (AvgIpc) is 3.35. The predicted octanol–water partition coefficient (Wildman–Crippen LogP) is 5.02. The molecule has 166 valence electrons. The third kappa shape index (κ3) is 3.91. The molecule has 1 heterocycles. The van der Waals surface area contributed by atoms with Gasteiger partial charge >= 0.3 is 0 Å². The summed E-state index contributed by atoms with van der Waals surface area (Å²) in [5.41, 5.74) is 4.89. The molecule has 0 spiro atoms. The molecule has 4 aromatic rings. The van der Waals surface area contributed by atoms with E-state index in [1.165, 1.54) is 16.8 Å². The molecule has 33 heavy (non-hydrogen) atoms. The van der Waals surface area contributed by atoms with Crippen LogP contribution in [0.4, 0.5) is 0 Å². The molecule has 5 nitrogen and oxygen atoms in total. The van der Waals surface area contributed by atoms with Gasteiger partial charge in [0.05, 0.1) is 24.9 Å². The number of para-hydroxylation sites is 1. The van der Waals surface area contributed by atoms with E-state index < -0.39 is 0 Å². The van der Waals surface area contributed by atoms with Gasteiger partial charge in [-0.15, -0.1) is 0 Å². The lowest BCUT2D eigenvalue weighted by molar-refractivity contribution is 0.0901. The smallest absolute Gasteiger partial charge is 0.255 e. The van der Waals surface area contributed by atoms with Gasteiger partial charge in [-0.25, -0.2) is 0 Å². The molecule has 0 aliphatic heterocycles. The molecule has 0 fully saturated rings. The van der Waals surface area contributed by atoms with Crippen molar-refractivity contribution in [3.8, 4) is 5.75 Å². The summed E-state index contributed by atoms with van der Waals surface area (Å²) in [4.78, 5) is 13.6. The molecule has 1 amide bonds. The Morgan fingerprint density at radius 3 is 2.45 bits per heavy atom. The quantitative estimate of drug-likeness (QED) is 0.445. The highest BCUT2D eigenvalue weighted by molar-refractivity contribution is 5.97. The molecule has 2 unspecified atom stereocenters. The number of aromatic nitrogens is 2. The molecule has 1 aliphatic rings. The highest BCUT2D eigenvalue weighted by Gasteiger charge is 2.45. The van der Waals surface area contributed by atoms with Crippen molar-refractivity contribution >= 4 is 5.91 Å². The summed E-state index contributed by atoms with van der Waals surface area (Å²) >= 11 is 0. The van der Waals surface area contributed by atoms with Gasteiger partial charge in [-0.3, -0.25) is 9.89 Å². The summed E-state index contributed by atoms with van der Waals surface area (Å²) in [6.45, 7) is 0. The molecular formula is C28H27N3O2. The zero-order valence-corrected chi connectivity index (χ0v) is 18.6. The molecular weight excluding hydrogens is 410 g/mol. The second kappa shape index (κ2) is 8.94. The minimum absolute atomic E-state index is 0.144. The van der Waals surface area contributed by atoms with Gasteiger partial charge in [-0.1, -0.05) is 72.8 Å². The number of hydrogen-bond donors (Lipinski definition) is 2. The number of nitrogens with one attached hydrogen (secondary N) is 2. The van der Waals surface area contributed by atoms with Crippen molar-refractivity contribution in [1.82, 2.24) is 15.5 Å². The largest absolute Gasteiger partial charge is 0.496 e. The second-order valence-electron chi connectivity index (χ2n) is 8.59. The molecule has 2 atom stereocenters. The Kier molecular flexibility index (Phi) is 5.69. The van der Waals surface area contributed by atoms with Crippen LogP contribution >= 0.6 is 0 Å². The van der Waals surface area contributed by atoms with Crippen molar-refractivity contribution in [3.05, 3.63) is 119 Å². The molecule has 0 radical (unpaired) electrons. The molecule has 5 rings (SSSR count). The molecule has 5 heteroatoms. The van der Waals surface area contributed by atoms with Gasteiger partial charge in [-0.05, 0) is 48.1 Å². The van der Waals surface area contributed by atoms with E-state index in [1.54, 1.807) is 13.2 Å². The number of rotatable bonds is 6. The second-order valence-corrected chi connectivity index (χ2v) is 8.59. The van der Waals surface area contributed by atoms with Crippen LogP contribution in [0, 0.1) is 0 Å². The Morgan fingerprint density at radius 1 is 1.00 bits per heavy atom. The van der Waals surface area contributed by atoms with Crippen molar-refractivity contribution in [2.45, 2.75) is 30.7 Å². The normalized spacial score (nSPS) is 18.2. The van der Waals surface area contributed by atoms with Crippen LogP contribution in [0.1, 0.15) is 45.2 Å². The zero-order chi connectivity index (χ0) is 22.7. The lowest BCUT2D eigenvalue weighted by Crippen LogP contribution is -2.47. The molecule has 3 aromatic carbocycles. The highest BCUT2D eigenvalue weighted by Crippen LogP contribution is 2.47. The number of methoxy groups -OCH3 is 1. The van der Waals surface area contributed by atoms with E-state index in [-0.39, 0.29) is 17.4 Å². The lowest BCUT2D eigenvalue weighted by Gasteiger charge is -2.44. The van der Waals surface area contributed by atoms with Gasteiger partial charge in [0.1, 0.15) is 5.75 Å². The Morgan fingerprint density at radius 2 is 1.70 bits per heavy atom. The van der Waals surface area contributed by atoms with Gasteiger partial charge in [0.25, 0.3) is 5.91 Å². The number of carbonyl (C=O) groups is 1. The predicted molar refractivity (Wildman–Crippen MR) is 128 cm³/mol. The molecule has 1 aromatic heterocycles. The van der Waals surface area contributed by atoms with Crippen molar-refractivity contribution in [1.29, 1.82) is 0 Å². The van der Waals surface area contributed by atoms with Gasteiger partial charge in [0, 0.05) is 11.1 Å². The fraction of sp³-hybridized carbons (Fsp3) is 0.214. The Bertz CT molecular complexity index is 1240. The number of ether oxygens (including phenoxy) is 1. The zero-order valence-electron chi connectivity index (χ0n) is 18.6. The minimum atomic E-state index is -0.322. The number of benzene rings is 3. The fourth-order valence-electron chi connectivity index (χ4n) is 5.14. The maximum atomic E-state index is 13.6. The number of aromatic amines is 1. The monoisotopic (exact) mass is 437 g/mol. The molecule has 2 N–H and O–H groups in total. The van der Waals surface area contributed by atoms with E-state index >= 15 is 0 Å². The van der Waals surface area contributed by atoms with Crippen molar-refractivity contribution in [2.24, 2.45) is 0 Å². The van der Waals surface area contributed by atoms with Crippen LogP contribution in [0.25, 0.3) is 0 Å². The van der Waals surface area contributed by atoms with E-state index in [9.17, 15) is 4.79 Å². The Labute approximate surface area is 193 Å². The number of hydrogen-bond acceptors (Lipinski definition) is 3. The average molecular weight is 438 g/mol. The maximum absolute atomic E-state index is 13.6. The van der Waals surface area contributed by atoms with Crippen LogP contribution in [0.2, 0.25) is 0 Å². The van der Waals surface area contributed by atoms with Crippen molar-refractivity contribution < 1.29 is 9.53 Å². The first-order valence-electron chi connectivity index (χ1n) is 11.3. The number of H-pyrrole nitrogens is 1. The summed E-state index contributed by atoms with van der Waals surface area (Å²) in [5.74, 6) is 0.422. The first-order valence-corrected chi connectivity index (χ1v) is 11.3. The summed E-state index contributed by atoms with van der Waals surface area (Å²) in [5, 5.41) is 10.9. The summed E-state index contributed by atoms with van der Waals surface area (Å²) in [7, 11) is 1.59. The highest BCUT2D eigenvalue weighted by atomic mass is 16.5. The Hall–Kier alpha value is -3.86. The van der Waals surface area contributed by atoms with E-state index in [2.05, 4.69) is 51.9 Å².